The van der Waals surface area contributed by atoms with Crippen LogP contribution < -0.4 is 0 Å². The largest absolute Gasteiger partial charge is 0.483 e. The van der Waals surface area contributed by atoms with E-state index in [-0.39, 0.29) is 0 Å². The number of hydrogen-bond acceptors (Lipinski definition) is 5. The van der Waals surface area contributed by atoms with E-state index < -0.39 is 0 Å². The molecule has 7 heteroatoms. The van der Waals surface area contributed by atoms with Gasteiger partial charge in [-0.25, -0.2) is 4.99 Å². The number of hydrogen-bond donors (Lipinski definition) is 0. The second kappa shape index (κ2) is 6.97. The van der Waals surface area contributed by atoms with Crippen LogP contribution in [0.1, 0.15) is 11.8 Å². The molecule has 1 heterocycles. The van der Waals surface area contributed by atoms with E-state index in [1.54, 1.807) is 4.57 Å². The van der Waals surface area contributed by atoms with E-state index in [9.17, 15) is 5.26 Å². The van der Waals surface area contributed by atoms with Gasteiger partial charge in [0.05, 0.1) is 6.61 Å². The van der Waals surface area contributed by atoms with Crippen LogP contribution >= 0.6 is 46.1 Å². The van der Waals surface area contributed by atoms with E-state index in [1.165, 1.54) is 17.7 Å². The van der Waals surface area contributed by atoms with E-state index in [0.29, 0.717) is 21.3 Å². The fourth-order valence-corrected chi connectivity index (χ4v) is 3.08. The minimum atomic E-state index is 0.476. The highest BCUT2D eigenvalue weighted by Gasteiger charge is 2.13. The summed E-state index contributed by atoms with van der Waals surface area (Å²) in [6.45, 7) is 2.40. The number of ether oxygens (including phenoxy) is 1. The predicted octanol–water partition coefficient (Wildman–Crippen LogP) is 4.44. The second-order valence-electron chi connectivity index (χ2n) is 3.63. The van der Waals surface area contributed by atoms with Gasteiger partial charge in [-0.2, -0.15) is 5.26 Å². The minimum Gasteiger partial charge on any atom is -0.483 e. The molecule has 0 aliphatic rings. The first-order valence-corrected chi connectivity index (χ1v) is 8.03. The number of nitrogens with zero attached hydrogens (tertiary/aromatic N) is 3. The number of aromatic nitrogens is 1. The quantitative estimate of drug-likeness (QED) is 0.321. The smallest absolute Gasteiger partial charge is 0.176 e. The Morgan fingerprint density at radius 2 is 2.20 bits per heavy atom. The third kappa shape index (κ3) is 3.26. The minimum absolute atomic E-state index is 0.476. The van der Waals surface area contributed by atoms with E-state index in [4.69, 9.17) is 17.0 Å². The molecular weight excluding hydrogens is 405 g/mol. The Labute approximate surface area is 139 Å². The van der Waals surface area contributed by atoms with Crippen LogP contribution in [0.3, 0.4) is 0 Å². The average molecular weight is 415 g/mol. The van der Waals surface area contributed by atoms with Gasteiger partial charge in [0.2, 0.25) is 0 Å². The van der Waals surface area contributed by atoms with Gasteiger partial charge < -0.3 is 4.74 Å². The molecule has 0 bridgehead atoms. The monoisotopic (exact) mass is 415 g/mol. The highest BCUT2D eigenvalue weighted by atomic mass is 127. The third-order valence-electron chi connectivity index (χ3n) is 2.39. The molecule has 0 atom stereocenters. The van der Waals surface area contributed by atoms with Gasteiger partial charge in [-0.1, -0.05) is 11.3 Å². The molecule has 1 aromatic carbocycles. The van der Waals surface area contributed by atoms with Crippen LogP contribution in [0.5, 0.6) is 0 Å². The molecule has 0 saturated heterocycles. The van der Waals surface area contributed by atoms with Gasteiger partial charge in [0.25, 0.3) is 0 Å². The fraction of sp³-hybridized carbons (Fsp3) is 0.154. The molecule has 0 spiro atoms. The molecular formula is C13H10IN3OS2. The van der Waals surface area contributed by atoms with E-state index in [1.807, 2.05) is 31.2 Å². The standard InChI is InChI=1S/C13H10IN3OS2/c1-2-18-8-16-12-11(7-15)20-13(19)17(12)10-5-3-9(14)4-6-10/h3-6,8H,2H2,1H3. The van der Waals surface area contributed by atoms with Gasteiger partial charge in [-0.05, 0) is 66.0 Å². The molecule has 4 nitrogen and oxygen atoms in total. The summed E-state index contributed by atoms with van der Waals surface area (Å²) < 4.78 is 8.61. The van der Waals surface area contributed by atoms with Gasteiger partial charge >= 0.3 is 0 Å². The molecule has 2 rings (SSSR count). The second-order valence-corrected chi connectivity index (χ2v) is 6.52. The lowest BCUT2D eigenvalue weighted by Crippen LogP contribution is -1.94. The van der Waals surface area contributed by atoms with Gasteiger partial charge in [0.15, 0.2) is 21.0 Å². The van der Waals surface area contributed by atoms with Crippen molar-refractivity contribution < 1.29 is 4.74 Å². The van der Waals surface area contributed by atoms with Crippen LogP contribution in [0.25, 0.3) is 5.69 Å². The van der Waals surface area contributed by atoms with Crippen LogP contribution in [0.15, 0.2) is 29.3 Å². The summed E-state index contributed by atoms with van der Waals surface area (Å²) in [6, 6.07) is 9.99. The lowest BCUT2D eigenvalue weighted by atomic mass is 10.3. The van der Waals surface area contributed by atoms with E-state index >= 15 is 0 Å². The predicted molar refractivity (Wildman–Crippen MR) is 91.7 cm³/mol. The normalized spacial score (nSPS) is 10.7. The average Bonchev–Trinajstić information content (AvgIpc) is 2.76. The first-order valence-electron chi connectivity index (χ1n) is 5.73. The molecule has 2 aromatic rings. The van der Waals surface area contributed by atoms with Crippen molar-refractivity contribution in [2.45, 2.75) is 6.92 Å². The van der Waals surface area contributed by atoms with Crippen molar-refractivity contribution in [1.82, 2.24) is 4.57 Å². The van der Waals surface area contributed by atoms with Crippen LogP contribution in [0, 0.1) is 18.9 Å². The van der Waals surface area contributed by atoms with Crippen molar-refractivity contribution in [1.29, 1.82) is 5.26 Å². The zero-order chi connectivity index (χ0) is 14.5. The van der Waals surface area contributed by atoms with Gasteiger partial charge in [-0.15, -0.1) is 0 Å². The van der Waals surface area contributed by atoms with Crippen LogP contribution in [-0.4, -0.2) is 17.6 Å². The molecule has 0 fully saturated rings. The van der Waals surface area contributed by atoms with Gasteiger partial charge in [0, 0.05) is 9.26 Å². The lowest BCUT2D eigenvalue weighted by molar-refractivity contribution is 0.344. The van der Waals surface area contributed by atoms with Crippen LogP contribution in [0.4, 0.5) is 5.82 Å². The molecule has 0 N–H and O–H groups in total. The molecule has 0 radical (unpaired) electrons. The van der Waals surface area contributed by atoms with Crippen molar-refractivity contribution >= 4 is 58.4 Å². The van der Waals surface area contributed by atoms with Crippen LogP contribution in [-0.2, 0) is 4.74 Å². The Hall–Kier alpha value is -1.24. The molecule has 0 unspecified atom stereocenters. The number of nitriles is 1. The fourth-order valence-electron chi connectivity index (χ4n) is 1.54. The Kier molecular flexibility index (Phi) is 5.28. The Balaban J connectivity index is 2.57. The molecule has 0 aliphatic heterocycles. The highest BCUT2D eigenvalue weighted by Crippen LogP contribution is 2.30. The summed E-state index contributed by atoms with van der Waals surface area (Å²) in [6.07, 6.45) is 1.35. The van der Waals surface area contributed by atoms with Crippen molar-refractivity contribution in [2.24, 2.45) is 4.99 Å². The SMILES string of the molecule is CCOC=Nc1c(C#N)sc(=S)n1-c1ccc(I)cc1. The highest BCUT2D eigenvalue weighted by molar-refractivity contribution is 14.1. The molecule has 1 aromatic heterocycles. The van der Waals surface area contributed by atoms with Crippen molar-refractivity contribution in [3.05, 3.63) is 36.7 Å². The first-order chi connectivity index (χ1) is 9.67. The zero-order valence-corrected chi connectivity index (χ0v) is 14.3. The Bertz CT molecular complexity index is 726. The van der Waals surface area contributed by atoms with E-state index in [0.717, 1.165) is 9.26 Å². The van der Waals surface area contributed by atoms with Crippen molar-refractivity contribution in [3.8, 4) is 11.8 Å². The molecule has 0 saturated carbocycles. The molecule has 0 aliphatic carbocycles. The van der Waals surface area contributed by atoms with E-state index in [2.05, 4.69) is 33.7 Å². The van der Waals surface area contributed by atoms with Crippen molar-refractivity contribution in [3.63, 3.8) is 0 Å². The third-order valence-corrected chi connectivity index (χ3v) is 4.38. The summed E-state index contributed by atoms with van der Waals surface area (Å²) in [7, 11) is 0. The number of benzene rings is 1. The summed E-state index contributed by atoms with van der Waals surface area (Å²) in [5.74, 6) is 0.511. The molecule has 102 valence electrons. The zero-order valence-electron chi connectivity index (χ0n) is 10.5. The number of rotatable bonds is 4. The van der Waals surface area contributed by atoms with Crippen molar-refractivity contribution in [2.75, 3.05) is 6.61 Å². The summed E-state index contributed by atoms with van der Waals surface area (Å²) in [5, 5.41) is 9.19. The molecule has 0 amide bonds. The number of halogens is 1. The van der Waals surface area contributed by atoms with Crippen LogP contribution in [0.2, 0.25) is 0 Å². The Morgan fingerprint density at radius 3 is 2.80 bits per heavy atom. The Morgan fingerprint density at radius 1 is 1.50 bits per heavy atom. The molecule has 20 heavy (non-hydrogen) atoms. The first kappa shape index (κ1) is 15.2. The number of aliphatic imine (C=N–C) groups is 1. The lowest BCUT2D eigenvalue weighted by Gasteiger charge is -2.05. The van der Waals surface area contributed by atoms with Gasteiger partial charge in [-0.3, -0.25) is 4.57 Å². The van der Waals surface area contributed by atoms with Gasteiger partial charge in [0.1, 0.15) is 6.07 Å². The maximum absolute atomic E-state index is 9.19. The maximum Gasteiger partial charge on any atom is 0.176 e. The summed E-state index contributed by atoms with van der Waals surface area (Å²) in [4.78, 5) is 4.70. The summed E-state index contributed by atoms with van der Waals surface area (Å²) >= 11 is 8.82. The number of thiazole rings is 1. The summed E-state index contributed by atoms with van der Waals surface area (Å²) in [5.41, 5.74) is 0.886. The maximum atomic E-state index is 9.19. The topological polar surface area (TPSA) is 50.3 Å².